The van der Waals surface area contributed by atoms with Crippen LogP contribution in [0, 0.1) is 13.8 Å². The summed E-state index contributed by atoms with van der Waals surface area (Å²) in [4.78, 5) is 11.5. The van der Waals surface area contributed by atoms with Crippen LogP contribution in [0.1, 0.15) is 30.8 Å². The fourth-order valence-corrected chi connectivity index (χ4v) is 1.76. The molecule has 1 N–H and O–H groups in total. The molecular formula is C13H22N2O2. The summed E-state index contributed by atoms with van der Waals surface area (Å²) in [5, 5.41) is 3.22. The monoisotopic (exact) mass is 238 g/mol. The Morgan fingerprint density at radius 3 is 2.47 bits per heavy atom. The van der Waals surface area contributed by atoms with Crippen molar-refractivity contribution in [2.45, 2.75) is 39.8 Å². The average Bonchev–Trinajstić information content (AvgIpc) is 2.53. The summed E-state index contributed by atoms with van der Waals surface area (Å²) in [6, 6.07) is 2.13. The lowest BCUT2D eigenvalue weighted by Gasteiger charge is -2.23. The normalized spacial score (nSPS) is 11.6. The highest BCUT2D eigenvalue weighted by atomic mass is 16.5. The van der Waals surface area contributed by atoms with Crippen molar-refractivity contribution in [1.82, 2.24) is 9.88 Å². The second-order valence-corrected chi connectivity index (χ2v) is 4.93. The zero-order valence-electron chi connectivity index (χ0n) is 11.5. The quantitative estimate of drug-likeness (QED) is 0.812. The number of nitrogens with zero attached hydrogens (tertiary/aromatic N) is 1. The highest BCUT2D eigenvalue weighted by Crippen LogP contribution is 2.14. The number of aromatic nitrogens is 1. The highest BCUT2D eigenvalue weighted by Gasteiger charge is 2.28. The van der Waals surface area contributed by atoms with E-state index < -0.39 is 5.54 Å². The van der Waals surface area contributed by atoms with Crippen LogP contribution in [-0.2, 0) is 23.1 Å². The molecule has 0 saturated heterocycles. The second kappa shape index (κ2) is 4.92. The Bertz CT molecular complexity index is 419. The Morgan fingerprint density at radius 2 is 2.06 bits per heavy atom. The summed E-state index contributed by atoms with van der Waals surface area (Å²) in [6.07, 6.45) is 0. The van der Waals surface area contributed by atoms with E-state index in [0.29, 0.717) is 6.54 Å². The number of hydrogen-bond donors (Lipinski definition) is 1. The third-order valence-corrected chi connectivity index (χ3v) is 3.30. The third-order valence-electron chi connectivity index (χ3n) is 3.30. The molecule has 0 saturated carbocycles. The van der Waals surface area contributed by atoms with Crippen molar-refractivity contribution >= 4 is 5.97 Å². The van der Waals surface area contributed by atoms with Crippen LogP contribution in [0.4, 0.5) is 0 Å². The van der Waals surface area contributed by atoms with Crippen molar-refractivity contribution in [3.05, 3.63) is 23.0 Å². The first-order chi connectivity index (χ1) is 7.79. The van der Waals surface area contributed by atoms with Gasteiger partial charge in [0.25, 0.3) is 0 Å². The van der Waals surface area contributed by atoms with E-state index in [1.54, 1.807) is 0 Å². The first-order valence-corrected chi connectivity index (χ1v) is 5.75. The predicted molar refractivity (Wildman–Crippen MR) is 67.8 cm³/mol. The van der Waals surface area contributed by atoms with Gasteiger partial charge < -0.3 is 9.30 Å². The fourth-order valence-electron chi connectivity index (χ4n) is 1.76. The topological polar surface area (TPSA) is 43.3 Å². The summed E-state index contributed by atoms with van der Waals surface area (Å²) < 4.78 is 6.90. The SMILES string of the molecule is COC(=O)C(C)(C)NCc1cc(C)n(C)c1C. The molecule has 0 aliphatic heterocycles. The number of esters is 1. The molecule has 1 rings (SSSR count). The van der Waals surface area contributed by atoms with E-state index in [0.717, 1.165) is 0 Å². The van der Waals surface area contributed by atoms with Crippen LogP contribution >= 0.6 is 0 Å². The molecule has 1 aromatic heterocycles. The molecule has 0 radical (unpaired) electrons. The molecule has 0 aromatic carbocycles. The summed E-state index contributed by atoms with van der Waals surface area (Å²) in [5.41, 5.74) is 2.98. The number of rotatable bonds is 4. The summed E-state index contributed by atoms with van der Waals surface area (Å²) in [5.74, 6) is -0.247. The van der Waals surface area contributed by atoms with Gasteiger partial charge in [0.2, 0.25) is 0 Å². The van der Waals surface area contributed by atoms with Gasteiger partial charge in [0.1, 0.15) is 5.54 Å². The second-order valence-electron chi connectivity index (χ2n) is 4.93. The molecule has 1 heterocycles. The number of carbonyl (C=O) groups excluding carboxylic acids is 1. The van der Waals surface area contributed by atoms with Crippen LogP contribution in [0.25, 0.3) is 0 Å². The van der Waals surface area contributed by atoms with Gasteiger partial charge in [-0.05, 0) is 39.3 Å². The minimum Gasteiger partial charge on any atom is -0.468 e. The van der Waals surface area contributed by atoms with E-state index in [9.17, 15) is 4.79 Å². The Kier molecular flexibility index (Phi) is 3.98. The van der Waals surface area contributed by atoms with Gasteiger partial charge in [-0.15, -0.1) is 0 Å². The first-order valence-electron chi connectivity index (χ1n) is 5.75. The van der Waals surface area contributed by atoms with Crippen LogP contribution in [-0.4, -0.2) is 23.2 Å². The van der Waals surface area contributed by atoms with Gasteiger partial charge in [-0.2, -0.15) is 0 Å². The molecule has 4 nitrogen and oxygen atoms in total. The van der Waals surface area contributed by atoms with Gasteiger partial charge in [0.05, 0.1) is 7.11 Å². The zero-order chi connectivity index (χ0) is 13.2. The smallest absolute Gasteiger partial charge is 0.325 e. The zero-order valence-corrected chi connectivity index (χ0v) is 11.5. The highest BCUT2D eigenvalue weighted by molar-refractivity contribution is 5.79. The Labute approximate surface area is 103 Å². The van der Waals surface area contributed by atoms with Gasteiger partial charge in [0, 0.05) is 25.0 Å². The molecule has 1 aromatic rings. The summed E-state index contributed by atoms with van der Waals surface area (Å²) >= 11 is 0. The molecule has 0 atom stereocenters. The number of methoxy groups -OCH3 is 1. The molecule has 0 bridgehead atoms. The number of carbonyl (C=O) groups is 1. The van der Waals surface area contributed by atoms with Crippen LogP contribution in [0.15, 0.2) is 6.07 Å². The standard InChI is InChI=1S/C13H22N2O2/c1-9-7-11(10(2)15(9)5)8-14-13(3,4)12(16)17-6/h7,14H,8H2,1-6H3. The molecule has 0 unspecified atom stereocenters. The van der Waals surface area contributed by atoms with Gasteiger partial charge in [-0.3, -0.25) is 10.1 Å². The van der Waals surface area contributed by atoms with Crippen molar-refractivity contribution in [1.29, 1.82) is 0 Å². The minimum atomic E-state index is -0.662. The third kappa shape index (κ3) is 2.88. The van der Waals surface area contributed by atoms with E-state index in [1.165, 1.54) is 24.1 Å². The maximum Gasteiger partial charge on any atom is 0.325 e. The molecule has 4 heteroatoms. The van der Waals surface area contributed by atoms with Crippen LogP contribution in [0.2, 0.25) is 0 Å². The van der Waals surface area contributed by atoms with E-state index in [4.69, 9.17) is 4.74 Å². The van der Waals surface area contributed by atoms with Crippen molar-refractivity contribution in [2.75, 3.05) is 7.11 Å². The molecule has 0 amide bonds. The maximum atomic E-state index is 11.5. The lowest BCUT2D eigenvalue weighted by Crippen LogP contribution is -2.47. The van der Waals surface area contributed by atoms with E-state index in [2.05, 4.69) is 29.8 Å². The first kappa shape index (κ1) is 13.8. The molecule has 0 aliphatic rings. The molecule has 0 fully saturated rings. The van der Waals surface area contributed by atoms with Crippen molar-refractivity contribution in [3.8, 4) is 0 Å². The molecule has 17 heavy (non-hydrogen) atoms. The molecule has 0 aliphatic carbocycles. The van der Waals surface area contributed by atoms with E-state index in [-0.39, 0.29) is 5.97 Å². The molecule has 0 spiro atoms. The van der Waals surface area contributed by atoms with Gasteiger partial charge in [0.15, 0.2) is 0 Å². The number of hydrogen-bond acceptors (Lipinski definition) is 3. The van der Waals surface area contributed by atoms with Gasteiger partial charge in [-0.25, -0.2) is 0 Å². The summed E-state index contributed by atoms with van der Waals surface area (Å²) in [6.45, 7) is 8.46. The number of aryl methyl sites for hydroxylation is 1. The lowest BCUT2D eigenvalue weighted by atomic mass is 10.1. The molecule has 96 valence electrons. The average molecular weight is 238 g/mol. The Balaban J connectivity index is 2.74. The minimum absolute atomic E-state index is 0.247. The fraction of sp³-hybridized carbons (Fsp3) is 0.615. The van der Waals surface area contributed by atoms with Crippen LogP contribution in [0.3, 0.4) is 0 Å². The van der Waals surface area contributed by atoms with Crippen LogP contribution in [0.5, 0.6) is 0 Å². The predicted octanol–water partition coefficient (Wildman–Crippen LogP) is 1.68. The lowest BCUT2D eigenvalue weighted by molar-refractivity contribution is -0.147. The van der Waals surface area contributed by atoms with Crippen molar-refractivity contribution in [2.24, 2.45) is 7.05 Å². The Morgan fingerprint density at radius 1 is 1.47 bits per heavy atom. The van der Waals surface area contributed by atoms with Gasteiger partial charge >= 0.3 is 5.97 Å². The maximum absolute atomic E-state index is 11.5. The number of nitrogens with one attached hydrogen (secondary N) is 1. The van der Waals surface area contributed by atoms with Crippen molar-refractivity contribution < 1.29 is 9.53 Å². The molecular weight excluding hydrogens is 216 g/mol. The largest absolute Gasteiger partial charge is 0.468 e. The number of ether oxygens (including phenoxy) is 1. The van der Waals surface area contributed by atoms with E-state index >= 15 is 0 Å². The van der Waals surface area contributed by atoms with Gasteiger partial charge in [-0.1, -0.05) is 0 Å². The Hall–Kier alpha value is -1.29. The van der Waals surface area contributed by atoms with E-state index in [1.807, 2.05) is 20.9 Å². The summed E-state index contributed by atoms with van der Waals surface area (Å²) in [7, 11) is 3.45. The van der Waals surface area contributed by atoms with Crippen molar-refractivity contribution in [3.63, 3.8) is 0 Å². The van der Waals surface area contributed by atoms with Crippen LogP contribution < -0.4 is 5.32 Å².